The lowest BCUT2D eigenvalue weighted by Crippen LogP contribution is -1.89. The van der Waals surface area contributed by atoms with E-state index in [1.807, 2.05) is 30.3 Å². The number of pyridine rings is 1. The van der Waals surface area contributed by atoms with Gasteiger partial charge in [0.2, 0.25) is 0 Å². The van der Waals surface area contributed by atoms with E-state index in [1.54, 1.807) is 18.6 Å². The smallest absolute Gasteiger partial charge is 0.155 e. The quantitative estimate of drug-likeness (QED) is 0.656. The topological polar surface area (TPSA) is 38.7 Å². The van der Waals surface area contributed by atoms with Crippen LogP contribution >= 0.6 is 11.6 Å². The molecule has 0 fully saturated rings. The van der Waals surface area contributed by atoms with Crippen molar-refractivity contribution < 1.29 is 0 Å². The van der Waals surface area contributed by atoms with E-state index >= 15 is 0 Å². The molecule has 0 atom stereocenters. The van der Waals surface area contributed by atoms with Gasteiger partial charge in [-0.15, -0.1) is 0 Å². The van der Waals surface area contributed by atoms with E-state index in [0.717, 1.165) is 16.5 Å². The minimum atomic E-state index is 0.406. The van der Waals surface area contributed by atoms with Crippen molar-refractivity contribution in [1.82, 2.24) is 15.0 Å². The molecular weight excluding hydrogens is 234 g/mol. The molecule has 0 saturated carbocycles. The zero-order chi connectivity index (χ0) is 11.7. The summed E-state index contributed by atoms with van der Waals surface area (Å²) in [5.74, 6) is 0. The minimum Gasteiger partial charge on any atom is -0.256 e. The fourth-order valence-corrected chi connectivity index (χ4v) is 2.02. The van der Waals surface area contributed by atoms with Crippen LogP contribution in [-0.4, -0.2) is 15.0 Å². The van der Waals surface area contributed by atoms with Crippen LogP contribution in [0.15, 0.2) is 48.9 Å². The molecule has 0 aliphatic heterocycles. The Morgan fingerprint density at radius 2 is 1.71 bits per heavy atom. The molecule has 0 amide bonds. The average molecular weight is 242 g/mol. The molecule has 0 spiro atoms. The Hall–Kier alpha value is -2.00. The summed E-state index contributed by atoms with van der Waals surface area (Å²) in [6, 6.07) is 9.78. The largest absolute Gasteiger partial charge is 0.256 e. The van der Waals surface area contributed by atoms with E-state index in [9.17, 15) is 0 Å². The van der Waals surface area contributed by atoms with Crippen molar-refractivity contribution in [3.63, 3.8) is 0 Å². The molecule has 0 bridgehead atoms. The third kappa shape index (κ3) is 1.74. The second-order valence-electron chi connectivity index (χ2n) is 3.57. The lowest BCUT2D eigenvalue weighted by molar-refractivity contribution is 1.21. The van der Waals surface area contributed by atoms with E-state index < -0.39 is 0 Å². The molecule has 0 N–H and O–H groups in total. The van der Waals surface area contributed by atoms with Crippen LogP contribution in [-0.2, 0) is 0 Å². The molecule has 0 aliphatic rings. The first kappa shape index (κ1) is 10.2. The maximum atomic E-state index is 6.07. The number of hydrogen-bond donors (Lipinski definition) is 0. The molecule has 0 radical (unpaired) electrons. The van der Waals surface area contributed by atoms with Gasteiger partial charge in [0, 0.05) is 29.5 Å². The third-order valence-electron chi connectivity index (χ3n) is 2.55. The highest BCUT2D eigenvalue weighted by Crippen LogP contribution is 2.29. The van der Waals surface area contributed by atoms with Crippen LogP contribution in [0.1, 0.15) is 0 Å². The van der Waals surface area contributed by atoms with Gasteiger partial charge in [0.1, 0.15) is 5.69 Å². The fourth-order valence-electron chi connectivity index (χ4n) is 1.81. The van der Waals surface area contributed by atoms with Gasteiger partial charge < -0.3 is 0 Å². The van der Waals surface area contributed by atoms with Crippen molar-refractivity contribution in [3.05, 3.63) is 54.1 Å². The molecule has 2 aromatic heterocycles. The average Bonchev–Trinajstić information content (AvgIpc) is 2.39. The molecule has 0 saturated heterocycles. The molecule has 0 aliphatic carbocycles. The summed E-state index contributed by atoms with van der Waals surface area (Å²) in [4.78, 5) is 12.6. The first-order valence-corrected chi connectivity index (χ1v) is 5.55. The van der Waals surface area contributed by atoms with Crippen molar-refractivity contribution in [2.45, 2.75) is 0 Å². The molecule has 1 aromatic carbocycles. The van der Waals surface area contributed by atoms with Crippen LogP contribution in [0.2, 0.25) is 5.15 Å². The normalized spacial score (nSPS) is 10.6. The molecule has 2 heterocycles. The van der Waals surface area contributed by atoms with Crippen molar-refractivity contribution >= 4 is 22.5 Å². The highest BCUT2D eigenvalue weighted by atomic mass is 35.5. The molecule has 82 valence electrons. The second-order valence-corrected chi connectivity index (χ2v) is 3.93. The molecule has 17 heavy (non-hydrogen) atoms. The number of hydrogen-bond acceptors (Lipinski definition) is 3. The van der Waals surface area contributed by atoms with Gasteiger partial charge in [0.15, 0.2) is 5.15 Å². The predicted molar refractivity (Wildman–Crippen MR) is 67.8 cm³/mol. The van der Waals surface area contributed by atoms with Gasteiger partial charge in [-0.1, -0.05) is 29.8 Å². The molecular formula is C13H8ClN3. The number of nitrogens with zero attached hydrogens (tertiary/aromatic N) is 3. The standard InChI is InChI=1S/C13H8ClN3/c14-13-12(16-7-8-17-13)10-3-1-5-11-9(10)4-2-6-15-11/h1-8H. The molecule has 3 nitrogen and oxygen atoms in total. The van der Waals surface area contributed by atoms with E-state index in [0.29, 0.717) is 10.8 Å². The maximum absolute atomic E-state index is 6.07. The lowest BCUT2D eigenvalue weighted by Gasteiger charge is -2.05. The summed E-state index contributed by atoms with van der Waals surface area (Å²) >= 11 is 6.07. The first-order chi connectivity index (χ1) is 8.36. The summed E-state index contributed by atoms with van der Waals surface area (Å²) in [6.07, 6.45) is 4.98. The van der Waals surface area contributed by atoms with Gasteiger partial charge in [-0.3, -0.25) is 9.97 Å². The predicted octanol–water partition coefficient (Wildman–Crippen LogP) is 3.35. The van der Waals surface area contributed by atoms with Crippen LogP contribution in [0.4, 0.5) is 0 Å². The Morgan fingerprint density at radius 1 is 0.824 bits per heavy atom. The van der Waals surface area contributed by atoms with Crippen LogP contribution in [0, 0.1) is 0 Å². The fraction of sp³-hybridized carbons (Fsp3) is 0. The van der Waals surface area contributed by atoms with Crippen LogP contribution < -0.4 is 0 Å². The van der Waals surface area contributed by atoms with Gasteiger partial charge in [-0.25, -0.2) is 4.98 Å². The van der Waals surface area contributed by atoms with E-state index in [1.165, 1.54) is 0 Å². The van der Waals surface area contributed by atoms with Gasteiger partial charge in [0.05, 0.1) is 5.52 Å². The Bertz CT molecular complexity index is 677. The summed E-state index contributed by atoms with van der Waals surface area (Å²) in [5.41, 5.74) is 2.56. The Kier molecular flexibility index (Phi) is 2.46. The zero-order valence-electron chi connectivity index (χ0n) is 8.84. The second kappa shape index (κ2) is 4.11. The van der Waals surface area contributed by atoms with Gasteiger partial charge in [0.25, 0.3) is 0 Å². The first-order valence-electron chi connectivity index (χ1n) is 5.17. The number of rotatable bonds is 1. The van der Waals surface area contributed by atoms with Crippen LogP contribution in [0.3, 0.4) is 0 Å². The number of halogens is 1. The summed E-state index contributed by atoms with van der Waals surface area (Å²) < 4.78 is 0. The van der Waals surface area contributed by atoms with Crippen LogP contribution in [0.5, 0.6) is 0 Å². The number of benzene rings is 1. The Balaban J connectivity index is 2.35. The van der Waals surface area contributed by atoms with E-state index in [-0.39, 0.29) is 0 Å². The highest BCUT2D eigenvalue weighted by Gasteiger charge is 2.09. The molecule has 4 heteroatoms. The van der Waals surface area contributed by atoms with E-state index in [2.05, 4.69) is 15.0 Å². The Labute approximate surface area is 103 Å². The van der Waals surface area contributed by atoms with Crippen molar-refractivity contribution in [3.8, 4) is 11.3 Å². The molecule has 3 aromatic rings. The van der Waals surface area contributed by atoms with Crippen molar-refractivity contribution in [2.75, 3.05) is 0 Å². The summed E-state index contributed by atoms with van der Waals surface area (Å²) in [6.45, 7) is 0. The number of fused-ring (bicyclic) bond motifs is 1. The summed E-state index contributed by atoms with van der Waals surface area (Å²) in [7, 11) is 0. The van der Waals surface area contributed by atoms with Gasteiger partial charge in [-0.05, 0) is 12.1 Å². The Morgan fingerprint density at radius 3 is 2.59 bits per heavy atom. The summed E-state index contributed by atoms with van der Waals surface area (Å²) in [5, 5.41) is 1.43. The van der Waals surface area contributed by atoms with Crippen LogP contribution in [0.25, 0.3) is 22.2 Å². The lowest BCUT2D eigenvalue weighted by atomic mass is 10.1. The molecule has 0 unspecified atom stereocenters. The highest BCUT2D eigenvalue weighted by molar-refractivity contribution is 6.32. The molecule has 3 rings (SSSR count). The van der Waals surface area contributed by atoms with Crippen molar-refractivity contribution in [1.29, 1.82) is 0 Å². The maximum Gasteiger partial charge on any atom is 0.155 e. The van der Waals surface area contributed by atoms with Crippen molar-refractivity contribution in [2.24, 2.45) is 0 Å². The SMILES string of the molecule is Clc1nccnc1-c1cccc2ncccc12. The third-order valence-corrected chi connectivity index (χ3v) is 2.83. The zero-order valence-corrected chi connectivity index (χ0v) is 9.59. The van der Waals surface area contributed by atoms with Gasteiger partial charge in [-0.2, -0.15) is 0 Å². The van der Waals surface area contributed by atoms with Gasteiger partial charge >= 0.3 is 0 Å². The minimum absolute atomic E-state index is 0.406. The van der Waals surface area contributed by atoms with E-state index in [4.69, 9.17) is 11.6 Å². The monoisotopic (exact) mass is 241 g/mol. The number of aromatic nitrogens is 3.